The predicted octanol–water partition coefficient (Wildman–Crippen LogP) is 3.47. The number of aromatic nitrogens is 2. The van der Waals surface area contributed by atoms with Gasteiger partial charge in [0.2, 0.25) is 5.91 Å². The molecule has 0 atom stereocenters. The number of hydrogen-bond donors (Lipinski definition) is 1. The maximum absolute atomic E-state index is 13.0. The molecule has 1 saturated heterocycles. The molecule has 184 valence electrons. The van der Waals surface area contributed by atoms with Gasteiger partial charge in [-0.1, -0.05) is 23.4 Å². The number of carbonyl (C=O) groups excluding carboxylic acids is 1. The van der Waals surface area contributed by atoms with Crippen LogP contribution in [-0.4, -0.2) is 59.0 Å². The van der Waals surface area contributed by atoms with E-state index in [9.17, 15) is 22.8 Å². The van der Waals surface area contributed by atoms with Crippen molar-refractivity contribution >= 4 is 35.0 Å². The zero-order valence-corrected chi connectivity index (χ0v) is 19.9. The fourth-order valence-corrected chi connectivity index (χ4v) is 5.16. The number of halogens is 4. The molecule has 12 heteroatoms. The molecular formula is C22H24ClF3N4O3S. The highest BCUT2D eigenvalue weighted by Gasteiger charge is 2.31. The molecule has 2 aromatic rings. The number of amides is 1. The summed E-state index contributed by atoms with van der Waals surface area (Å²) in [5.74, 6) is -0.639. The van der Waals surface area contributed by atoms with Crippen molar-refractivity contribution in [1.29, 1.82) is 0 Å². The van der Waals surface area contributed by atoms with Crippen molar-refractivity contribution in [1.82, 2.24) is 14.5 Å². The van der Waals surface area contributed by atoms with Crippen LogP contribution in [0.4, 0.5) is 18.9 Å². The molecule has 0 unspecified atom stereocenters. The lowest BCUT2D eigenvalue weighted by Gasteiger charge is -2.27. The highest BCUT2D eigenvalue weighted by Crippen LogP contribution is 2.34. The Kier molecular flexibility index (Phi) is 7.86. The third-order valence-corrected chi connectivity index (χ3v) is 7.20. The molecule has 1 fully saturated rings. The van der Waals surface area contributed by atoms with Gasteiger partial charge in [0.1, 0.15) is 5.03 Å². The van der Waals surface area contributed by atoms with Gasteiger partial charge >= 0.3 is 11.9 Å². The van der Waals surface area contributed by atoms with Crippen molar-refractivity contribution in [3.05, 3.63) is 50.5 Å². The number of morpholine rings is 1. The summed E-state index contributed by atoms with van der Waals surface area (Å²) < 4.78 is 46.0. The fourth-order valence-electron chi connectivity index (χ4n) is 4.12. The lowest BCUT2D eigenvalue weighted by Crippen LogP contribution is -2.40. The van der Waals surface area contributed by atoms with Gasteiger partial charge in [0.25, 0.3) is 0 Å². The van der Waals surface area contributed by atoms with Crippen LogP contribution in [0.5, 0.6) is 0 Å². The maximum Gasteiger partial charge on any atom is 0.416 e. The number of thioether (sulfide) groups is 1. The van der Waals surface area contributed by atoms with Gasteiger partial charge in [-0.05, 0) is 37.5 Å². The zero-order chi connectivity index (χ0) is 24.3. The number of benzene rings is 1. The average molecular weight is 517 g/mol. The van der Waals surface area contributed by atoms with Crippen molar-refractivity contribution in [2.24, 2.45) is 0 Å². The van der Waals surface area contributed by atoms with Crippen molar-refractivity contribution in [2.75, 3.05) is 43.9 Å². The number of hydrogen-bond acceptors (Lipinski definition) is 6. The largest absolute Gasteiger partial charge is 0.416 e. The Morgan fingerprint density at radius 3 is 2.71 bits per heavy atom. The van der Waals surface area contributed by atoms with Crippen LogP contribution in [0.25, 0.3) is 0 Å². The van der Waals surface area contributed by atoms with E-state index in [4.69, 9.17) is 16.3 Å². The molecule has 1 aliphatic carbocycles. The summed E-state index contributed by atoms with van der Waals surface area (Å²) >= 11 is 7.06. The van der Waals surface area contributed by atoms with Gasteiger partial charge in [-0.2, -0.15) is 18.2 Å². The Balaban J connectivity index is 1.42. The Bertz CT molecular complexity index is 1120. The summed E-state index contributed by atoms with van der Waals surface area (Å²) in [6.07, 6.45) is -2.11. The van der Waals surface area contributed by atoms with E-state index in [0.29, 0.717) is 24.8 Å². The Morgan fingerprint density at radius 2 is 1.97 bits per heavy atom. The smallest absolute Gasteiger partial charge is 0.379 e. The summed E-state index contributed by atoms with van der Waals surface area (Å²) in [7, 11) is 0. The van der Waals surface area contributed by atoms with Crippen molar-refractivity contribution in [3.8, 4) is 0 Å². The quantitative estimate of drug-likeness (QED) is 0.449. The van der Waals surface area contributed by atoms with Gasteiger partial charge in [0.05, 0.1) is 35.2 Å². The highest BCUT2D eigenvalue weighted by molar-refractivity contribution is 8.00. The molecule has 1 aliphatic heterocycles. The molecular weight excluding hydrogens is 493 g/mol. The topological polar surface area (TPSA) is 76.5 Å². The third kappa shape index (κ3) is 5.94. The number of nitrogens with one attached hydrogen (secondary N) is 1. The van der Waals surface area contributed by atoms with E-state index in [2.05, 4.69) is 15.2 Å². The summed E-state index contributed by atoms with van der Waals surface area (Å²) in [6.45, 7) is 4.34. The van der Waals surface area contributed by atoms with Crippen LogP contribution < -0.4 is 11.0 Å². The van der Waals surface area contributed by atoms with E-state index >= 15 is 0 Å². The molecule has 2 heterocycles. The predicted molar refractivity (Wildman–Crippen MR) is 124 cm³/mol. The molecule has 1 amide bonds. The van der Waals surface area contributed by atoms with Gasteiger partial charge in [0.15, 0.2) is 0 Å². The lowest BCUT2D eigenvalue weighted by atomic mass is 10.2. The first kappa shape index (κ1) is 25.0. The van der Waals surface area contributed by atoms with E-state index in [1.807, 2.05) is 0 Å². The normalized spacial score (nSPS) is 16.5. The van der Waals surface area contributed by atoms with Crippen LogP contribution in [0.3, 0.4) is 0 Å². The zero-order valence-electron chi connectivity index (χ0n) is 18.3. The maximum atomic E-state index is 13.0. The minimum atomic E-state index is -4.55. The molecule has 34 heavy (non-hydrogen) atoms. The molecule has 0 saturated carbocycles. The van der Waals surface area contributed by atoms with Gasteiger partial charge in [-0.3, -0.25) is 14.3 Å². The van der Waals surface area contributed by atoms with Crippen LogP contribution in [0, 0.1) is 0 Å². The van der Waals surface area contributed by atoms with E-state index in [1.165, 1.54) is 0 Å². The third-order valence-electron chi connectivity index (χ3n) is 5.85. The minimum absolute atomic E-state index is 0.00762. The minimum Gasteiger partial charge on any atom is -0.379 e. The van der Waals surface area contributed by atoms with Crippen LogP contribution in [0.15, 0.2) is 28.0 Å². The van der Waals surface area contributed by atoms with Crippen molar-refractivity contribution < 1.29 is 22.7 Å². The summed E-state index contributed by atoms with van der Waals surface area (Å²) in [6, 6.07) is 2.75. The number of ether oxygens (including phenoxy) is 1. The first-order valence-electron chi connectivity index (χ1n) is 10.9. The molecule has 4 rings (SSSR count). The van der Waals surface area contributed by atoms with Gasteiger partial charge in [-0.15, -0.1) is 0 Å². The number of alkyl halides is 3. The fraction of sp³-hybridized carbons (Fsp3) is 0.500. The number of anilines is 1. The molecule has 1 N–H and O–H groups in total. The molecule has 0 radical (unpaired) electrons. The second-order valence-electron chi connectivity index (χ2n) is 8.11. The second kappa shape index (κ2) is 10.7. The van der Waals surface area contributed by atoms with Crippen molar-refractivity contribution in [2.45, 2.75) is 37.0 Å². The first-order valence-corrected chi connectivity index (χ1v) is 12.3. The summed E-state index contributed by atoms with van der Waals surface area (Å²) in [5.41, 5.74) is 0.560. The number of fused-ring (bicyclic) bond motifs is 1. The first-order chi connectivity index (χ1) is 16.2. The van der Waals surface area contributed by atoms with Crippen LogP contribution in [0.2, 0.25) is 5.02 Å². The standard InChI is InChI=1S/C22H24ClF3N4O3S/c23-16-5-4-14(22(24,25)26)12-17(16)27-19(31)13-34-20-15-2-1-3-18(15)30(21(32)28-20)7-6-29-8-10-33-11-9-29/h4-5,12H,1-3,6-11,13H2,(H,27,31). The van der Waals surface area contributed by atoms with E-state index in [-0.39, 0.29) is 22.2 Å². The SMILES string of the molecule is O=C(CSc1nc(=O)n(CCN2CCOCC2)c2c1CCC2)Nc1cc(C(F)(F)F)ccc1Cl. The van der Waals surface area contributed by atoms with E-state index in [1.54, 1.807) is 4.57 Å². The van der Waals surface area contributed by atoms with Gasteiger partial charge in [0, 0.05) is 37.4 Å². The van der Waals surface area contributed by atoms with Gasteiger partial charge in [-0.25, -0.2) is 4.79 Å². The Morgan fingerprint density at radius 1 is 1.21 bits per heavy atom. The van der Waals surface area contributed by atoms with E-state index in [0.717, 1.165) is 80.1 Å². The monoisotopic (exact) mass is 516 g/mol. The molecule has 1 aromatic heterocycles. The summed E-state index contributed by atoms with van der Waals surface area (Å²) in [5, 5.41) is 2.94. The Labute approximate surface area is 203 Å². The number of rotatable bonds is 7. The van der Waals surface area contributed by atoms with Gasteiger partial charge < -0.3 is 10.1 Å². The Hall–Kier alpha value is -2.08. The second-order valence-corrected chi connectivity index (χ2v) is 9.48. The molecule has 7 nitrogen and oxygen atoms in total. The van der Waals surface area contributed by atoms with Crippen LogP contribution >= 0.6 is 23.4 Å². The number of nitrogens with zero attached hydrogens (tertiary/aromatic N) is 3. The van der Waals surface area contributed by atoms with Crippen LogP contribution in [0.1, 0.15) is 23.2 Å². The molecule has 1 aromatic carbocycles. The molecule has 0 bridgehead atoms. The lowest BCUT2D eigenvalue weighted by molar-refractivity contribution is -0.137. The summed E-state index contributed by atoms with van der Waals surface area (Å²) in [4.78, 5) is 31.7. The van der Waals surface area contributed by atoms with Crippen LogP contribution in [-0.2, 0) is 35.1 Å². The number of carbonyl (C=O) groups is 1. The molecule has 0 spiro atoms. The average Bonchev–Trinajstić information content (AvgIpc) is 3.28. The van der Waals surface area contributed by atoms with E-state index < -0.39 is 17.6 Å². The highest BCUT2D eigenvalue weighted by atomic mass is 35.5. The molecule has 2 aliphatic rings. The van der Waals surface area contributed by atoms with Crippen molar-refractivity contribution in [3.63, 3.8) is 0 Å².